The van der Waals surface area contributed by atoms with Crippen molar-refractivity contribution in [1.29, 1.82) is 0 Å². The number of rotatable bonds is 5. The molecule has 144 valence electrons. The van der Waals surface area contributed by atoms with E-state index in [1.54, 1.807) is 17.7 Å². The smallest absolute Gasteiger partial charge is 0.340 e. The van der Waals surface area contributed by atoms with E-state index in [2.05, 4.69) is 10.4 Å². The number of nitrogens with zero attached hydrogens (tertiary/aromatic N) is 2. The monoisotopic (exact) mass is 382 g/mol. The number of aryl methyl sites for hydroxylation is 2. The van der Waals surface area contributed by atoms with Crippen LogP contribution in [0.2, 0.25) is 0 Å². The Morgan fingerprint density at radius 2 is 1.86 bits per heavy atom. The zero-order valence-corrected chi connectivity index (χ0v) is 15.4. The number of halogens is 1. The number of aromatic nitrogens is 2. The maximum absolute atomic E-state index is 13.1. The summed E-state index contributed by atoms with van der Waals surface area (Å²) in [5, 5.41) is 7.04. The zero-order chi connectivity index (χ0) is 20.3. The Labute approximate surface area is 160 Å². The molecule has 1 heterocycles. The van der Waals surface area contributed by atoms with Crippen molar-refractivity contribution < 1.29 is 18.7 Å². The van der Waals surface area contributed by atoms with Crippen LogP contribution >= 0.6 is 0 Å². The molecule has 0 saturated carbocycles. The predicted octanol–water partition coefficient (Wildman–Crippen LogP) is 3.01. The van der Waals surface area contributed by atoms with Gasteiger partial charge in [-0.2, -0.15) is 5.10 Å². The van der Waals surface area contributed by atoms with E-state index in [-0.39, 0.29) is 11.3 Å². The van der Waals surface area contributed by atoms with E-state index < -0.39 is 24.3 Å². The molecule has 0 radical (unpaired) electrons. The Kier molecular flexibility index (Phi) is 5.39. The molecule has 3 aromatic rings. The van der Waals surface area contributed by atoms with Crippen molar-refractivity contribution in [3.05, 3.63) is 71.2 Å². The third-order valence-corrected chi connectivity index (χ3v) is 3.95. The first-order valence-electron chi connectivity index (χ1n) is 8.49. The molecule has 7 nitrogen and oxygen atoms in total. The average Bonchev–Trinajstić information content (AvgIpc) is 3.00. The van der Waals surface area contributed by atoms with Gasteiger partial charge >= 0.3 is 5.97 Å². The molecule has 0 bridgehead atoms. The highest BCUT2D eigenvalue weighted by atomic mass is 19.1. The fraction of sp³-hybridized carbons (Fsp3) is 0.150. The SMILES string of the molecule is Cc1ccc(-n2nc(C)cc2NC(=O)COC(=O)c2ccc(F)cc2N)cc1. The van der Waals surface area contributed by atoms with Gasteiger partial charge in [-0.3, -0.25) is 4.79 Å². The number of hydrogen-bond donors (Lipinski definition) is 2. The number of nitrogens with two attached hydrogens (primary N) is 1. The summed E-state index contributed by atoms with van der Waals surface area (Å²) in [6, 6.07) is 12.7. The number of carbonyl (C=O) groups excluding carboxylic acids is 2. The normalized spacial score (nSPS) is 10.5. The largest absolute Gasteiger partial charge is 0.452 e. The first kappa shape index (κ1) is 19.1. The number of nitrogens with one attached hydrogen (secondary N) is 1. The van der Waals surface area contributed by atoms with Gasteiger partial charge in [-0.1, -0.05) is 17.7 Å². The maximum atomic E-state index is 13.1. The number of esters is 1. The molecule has 0 atom stereocenters. The molecule has 0 aliphatic rings. The molecule has 0 saturated heterocycles. The van der Waals surface area contributed by atoms with E-state index >= 15 is 0 Å². The van der Waals surface area contributed by atoms with Crippen molar-refractivity contribution in [3.63, 3.8) is 0 Å². The minimum absolute atomic E-state index is 0.00487. The van der Waals surface area contributed by atoms with Crippen LogP contribution in [0.15, 0.2) is 48.5 Å². The van der Waals surface area contributed by atoms with Gasteiger partial charge < -0.3 is 15.8 Å². The summed E-state index contributed by atoms with van der Waals surface area (Å²) in [5.41, 5.74) is 8.13. The molecule has 28 heavy (non-hydrogen) atoms. The third kappa shape index (κ3) is 4.35. The number of carbonyl (C=O) groups is 2. The summed E-state index contributed by atoms with van der Waals surface area (Å²) >= 11 is 0. The van der Waals surface area contributed by atoms with Crippen molar-refractivity contribution >= 4 is 23.4 Å². The second-order valence-electron chi connectivity index (χ2n) is 6.27. The highest BCUT2D eigenvalue weighted by molar-refractivity contribution is 5.98. The van der Waals surface area contributed by atoms with Crippen molar-refractivity contribution in [2.75, 3.05) is 17.7 Å². The maximum Gasteiger partial charge on any atom is 0.340 e. The van der Waals surface area contributed by atoms with Crippen LogP contribution in [0, 0.1) is 19.7 Å². The predicted molar refractivity (Wildman–Crippen MR) is 103 cm³/mol. The Morgan fingerprint density at radius 1 is 1.14 bits per heavy atom. The molecule has 1 amide bonds. The molecule has 2 aromatic carbocycles. The van der Waals surface area contributed by atoms with E-state index in [4.69, 9.17) is 10.5 Å². The summed E-state index contributed by atoms with van der Waals surface area (Å²) in [7, 11) is 0. The molecule has 1 aromatic heterocycles. The van der Waals surface area contributed by atoms with Crippen LogP contribution in [-0.2, 0) is 9.53 Å². The van der Waals surface area contributed by atoms with E-state index in [0.29, 0.717) is 11.5 Å². The summed E-state index contributed by atoms with van der Waals surface area (Å²) in [4.78, 5) is 24.2. The molecule has 8 heteroatoms. The molecule has 0 unspecified atom stereocenters. The second kappa shape index (κ2) is 7.91. The van der Waals surface area contributed by atoms with Gasteiger partial charge in [-0.15, -0.1) is 0 Å². The van der Waals surface area contributed by atoms with Crippen molar-refractivity contribution in [2.24, 2.45) is 0 Å². The van der Waals surface area contributed by atoms with E-state index in [0.717, 1.165) is 23.4 Å². The van der Waals surface area contributed by atoms with Crippen LogP contribution in [0.1, 0.15) is 21.6 Å². The molecule has 0 spiro atoms. The van der Waals surface area contributed by atoms with Crippen LogP contribution in [0.25, 0.3) is 5.69 Å². The minimum atomic E-state index is -0.809. The van der Waals surface area contributed by atoms with Gasteiger partial charge in [-0.05, 0) is 44.2 Å². The Bertz CT molecular complexity index is 1030. The Hall–Kier alpha value is -3.68. The molecule has 0 aliphatic carbocycles. The van der Waals surface area contributed by atoms with Crippen LogP contribution in [0.4, 0.5) is 15.9 Å². The molecular formula is C20H19FN4O3. The number of nitrogen functional groups attached to an aromatic ring is 1. The van der Waals surface area contributed by atoms with Gasteiger partial charge in [0.2, 0.25) is 0 Å². The van der Waals surface area contributed by atoms with Gasteiger partial charge in [0.1, 0.15) is 11.6 Å². The highest BCUT2D eigenvalue weighted by Crippen LogP contribution is 2.18. The first-order valence-corrected chi connectivity index (χ1v) is 8.49. The van der Waals surface area contributed by atoms with Crippen molar-refractivity contribution in [1.82, 2.24) is 9.78 Å². The number of ether oxygens (including phenoxy) is 1. The Balaban J connectivity index is 1.67. The number of anilines is 2. The van der Waals surface area contributed by atoms with E-state index in [1.165, 1.54) is 6.07 Å². The number of amides is 1. The van der Waals surface area contributed by atoms with Crippen LogP contribution in [0.3, 0.4) is 0 Å². The standard InChI is InChI=1S/C20H19FN4O3/c1-12-3-6-15(7-4-12)25-18(9-13(2)24-25)23-19(26)11-28-20(27)16-8-5-14(21)10-17(16)22/h3-10H,11,22H2,1-2H3,(H,23,26). The first-order chi connectivity index (χ1) is 13.3. The molecule has 0 aliphatic heterocycles. The lowest BCUT2D eigenvalue weighted by molar-refractivity contribution is -0.119. The number of benzene rings is 2. The molecular weight excluding hydrogens is 363 g/mol. The molecule has 3 N–H and O–H groups in total. The van der Waals surface area contributed by atoms with Crippen molar-refractivity contribution in [2.45, 2.75) is 13.8 Å². The molecule has 3 rings (SSSR count). The van der Waals surface area contributed by atoms with Crippen LogP contribution in [-0.4, -0.2) is 28.3 Å². The molecule has 0 fully saturated rings. The van der Waals surface area contributed by atoms with Gasteiger partial charge in [0.05, 0.1) is 16.9 Å². The van der Waals surface area contributed by atoms with Gasteiger partial charge in [-0.25, -0.2) is 13.9 Å². The topological polar surface area (TPSA) is 99.2 Å². The van der Waals surface area contributed by atoms with Gasteiger partial charge in [0.25, 0.3) is 5.91 Å². The van der Waals surface area contributed by atoms with Crippen LogP contribution < -0.4 is 11.1 Å². The number of hydrogen-bond acceptors (Lipinski definition) is 5. The summed E-state index contributed by atoms with van der Waals surface area (Å²) in [6.45, 7) is 3.26. The lowest BCUT2D eigenvalue weighted by atomic mass is 10.2. The fourth-order valence-electron chi connectivity index (χ4n) is 2.58. The zero-order valence-electron chi connectivity index (χ0n) is 15.4. The summed E-state index contributed by atoms with van der Waals surface area (Å²) in [5.74, 6) is -1.46. The average molecular weight is 382 g/mol. The van der Waals surface area contributed by atoms with Gasteiger partial charge in [0, 0.05) is 11.8 Å². The second-order valence-corrected chi connectivity index (χ2v) is 6.27. The van der Waals surface area contributed by atoms with Crippen molar-refractivity contribution in [3.8, 4) is 5.69 Å². The summed E-state index contributed by atoms with van der Waals surface area (Å²) in [6.07, 6.45) is 0. The van der Waals surface area contributed by atoms with Gasteiger partial charge in [0.15, 0.2) is 6.61 Å². The minimum Gasteiger partial charge on any atom is -0.452 e. The highest BCUT2D eigenvalue weighted by Gasteiger charge is 2.16. The third-order valence-electron chi connectivity index (χ3n) is 3.95. The Morgan fingerprint density at radius 3 is 2.54 bits per heavy atom. The summed E-state index contributed by atoms with van der Waals surface area (Å²) < 4.78 is 19.6. The van der Waals surface area contributed by atoms with E-state index in [1.807, 2.05) is 31.2 Å². The van der Waals surface area contributed by atoms with Crippen LogP contribution in [0.5, 0.6) is 0 Å². The lowest BCUT2D eigenvalue weighted by Gasteiger charge is -2.10. The fourth-order valence-corrected chi connectivity index (χ4v) is 2.58. The van der Waals surface area contributed by atoms with E-state index in [9.17, 15) is 14.0 Å². The lowest BCUT2D eigenvalue weighted by Crippen LogP contribution is -2.22. The quantitative estimate of drug-likeness (QED) is 0.522.